The Kier molecular flexibility index (Phi) is 8.47. The fraction of sp³-hybridized carbons (Fsp3) is 0.172. The van der Waals surface area contributed by atoms with Gasteiger partial charge in [-0.1, -0.05) is 60.1 Å². The third-order valence-electron chi connectivity index (χ3n) is 6.21. The lowest BCUT2D eigenvalue weighted by Gasteiger charge is -2.22. The third kappa shape index (κ3) is 7.62. The molecule has 41 heavy (non-hydrogen) atoms. The number of halogens is 1. The van der Waals surface area contributed by atoms with Crippen LogP contribution in [-0.2, 0) is 19.6 Å². The zero-order chi connectivity index (χ0) is 28.8. The fourth-order valence-electron chi connectivity index (χ4n) is 4.26. The second-order valence-electron chi connectivity index (χ2n) is 9.52. The van der Waals surface area contributed by atoms with Crippen molar-refractivity contribution < 1.29 is 0 Å². The van der Waals surface area contributed by atoms with Crippen LogP contribution in [0.2, 0.25) is 5.02 Å². The SMILES string of the molecule is Cc1ccccc1Nc1nc(N)nc(CN(Cc2cccc(Cl)c2)Cc2nc(N)nc(Nc3ccccc3C)n2)n1. The van der Waals surface area contributed by atoms with Crippen molar-refractivity contribution in [2.24, 2.45) is 0 Å². The number of nitrogens with two attached hydrogens (primary N) is 2. The Balaban J connectivity index is 1.42. The van der Waals surface area contributed by atoms with E-state index in [1.54, 1.807) is 0 Å². The molecule has 0 unspecified atom stereocenters. The molecule has 0 atom stereocenters. The number of nitrogen functional groups attached to an aromatic ring is 2. The minimum Gasteiger partial charge on any atom is -0.368 e. The minimum atomic E-state index is 0.114. The largest absolute Gasteiger partial charge is 0.368 e. The molecule has 208 valence electrons. The summed E-state index contributed by atoms with van der Waals surface area (Å²) in [7, 11) is 0. The van der Waals surface area contributed by atoms with Gasteiger partial charge in [-0.05, 0) is 54.8 Å². The van der Waals surface area contributed by atoms with E-state index in [1.165, 1.54) is 0 Å². The van der Waals surface area contributed by atoms with Crippen molar-refractivity contribution in [2.75, 3.05) is 22.1 Å². The molecule has 2 heterocycles. The first-order chi connectivity index (χ1) is 19.8. The van der Waals surface area contributed by atoms with Gasteiger partial charge in [0.05, 0.1) is 13.1 Å². The van der Waals surface area contributed by atoms with E-state index in [0.29, 0.717) is 48.2 Å². The maximum Gasteiger partial charge on any atom is 0.232 e. The lowest BCUT2D eigenvalue weighted by atomic mass is 10.2. The Morgan fingerprint density at radius 1 is 0.634 bits per heavy atom. The van der Waals surface area contributed by atoms with Crippen LogP contribution < -0.4 is 22.1 Å². The molecule has 0 bridgehead atoms. The maximum absolute atomic E-state index is 6.28. The summed E-state index contributed by atoms with van der Waals surface area (Å²) in [6, 6.07) is 23.4. The van der Waals surface area contributed by atoms with E-state index in [9.17, 15) is 0 Å². The van der Waals surface area contributed by atoms with Crippen molar-refractivity contribution in [3.8, 4) is 0 Å². The van der Waals surface area contributed by atoms with Gasteiger partial charge in [0.25, 0.3) is 0 Å². The fourth-order valence-corrected chi connectivity index (χ4v) is 4.47. The molecule has 2 aromatic heterocycles. The highest BCUT2D eigenvalue weighted by atomic mass is 35.5. The molecule has 0 fully saturated rings. The van der Waals surface area contributed by atoms with E-state index in [0.717, 1.165) is 28.1 Å². The maximum atomic E-state index is 6.28. The predicted molar refractivity (Wildman–Crippen MR) is 162 cm³/mol. The van der Waals surface area contributed by atoms with Crippen LogP contribution in [-0.4, -0.2) is 34.8 Å². The normalized spacial score (nSPS) is 11.0. The number of para-hydroxylation sites is 2. The van der Waals surface area contributed by atoms with Crippen molar-refractivity contribution in [1.82, 2.24) is 34.8 Å². The highest BCUT2D eigenvalue weighted by Crippen LogP contribution is 2.21. The Labute approximate surface area is 243 Å². The van der Waals surface area contributed by atoms with Crippen LogP contribution in [0, 0.1) is 13.8 Å². The van der Waals surface area contributed by atoms with Crippen molar-refractivity contribution >= 4 is 46.8 Å². The van der Waals surface area contributed by atoms with Gasteiger partial charge in [0.15, 0.2) is 0 Å². The number of aryl methyl sites for hydroxylation is 2. The topological polar surface area (TPSA) is 157 Å². The highest BCUT2D eigenvalue weighted by molar-refractivity contribution is 6.30. The van der Waals surface area contributed by atoms with Gasteiger partial charge in [0.2, 0.25) is 23.8 Å². The standard InChI is InChI=1S/C29H30ClN11/c1-18-8-3-5-12-22(18)33-28-37-24(35-26(31)39-28)16-41(15-20-10-7-11-21(30)14-20)17-25-36-27(32)40-29(38-25)34-23-13-6-4-9-19(23)2/h3-14H,15-17H2,1-2H3,(H3,31,33,35,37,39)(H3,32,34,36,38,40). The summed E-state index contributed by atoms with van der Waals surface area (Å²) < 4.78 is 0. The average molecular weight is 568 g/mol. The number of nitrogens with zero attached hydrogens (tertiary/aromatic N) is 7. The van der Waals surface area contributed by atoms with E-state index in [-0.39, 0.29) is 11.9 Å². The van der Waals surface area contributed by atoms with Crippen LogP contribution in [0.3, 0.4) is 0 Å². The number of benzene rings is 3. The second-order valence-corrected chi connectivity index (χ2v) is 9.96. The lowest BCUT2D eigenvalue weighted by molar-refractivity contribution is 0.235. The zero-order valence-electron chi connectivity index (χ0n) is 22.7. The Morgan fingerprint density at radius 3 is 1.63 bits per heavy atom. The summed E-state index contributed by atoms with van der Waals surface area (Å²) >= 11 is 6.28. The molecule has 0 saturated carbocycles. The molecule has 0 radical (unpaired) electrons. The number of hydrogen-bond donors (Lipinski definition) is 4. The zero-order valence-corrected chi connectivity index (χ0v) is 23.5. The second kappa shape index (κ2) is 12.5. The van der Waals surface area contributed by atoms with Gasteiger partial charge in [-0.15, -0.1) is 0 Å². The summed E-state index contributed by atoms with van der Waals surface area (Å²) in [6.45, 7) is 5.17. The molecule has 5 aromatic rings. The highest BCUT2D eigenvalue weighted by Gasteiger charge is 2.16. The predicted octanol–water partition coefficient (Wildman–Crippen LogP) is 5.18. The summed E-state index contributed by atoms with van der Waals surface area (Å²) in [5.41, 5.74) is 17.0. The van der Waals surface area contributed by atoms with Crippen molar-refractivity contribution in [2.45, 2.75) is 33.5 Å². The van der Waals surface area contributed by atoms with Crippen LogP contribution >= 0.6 is 11.6 Å². The van der Waals surface area contributed by atoms with E-state index >= 15 is 0 Å². The van der Waals surface area contributed by atoms with Gasteiger partial charge in [-0.3, -0.25) is 4.90 Å². The Bertz CT molecular complexity index is 1560. The molecule has 11 nitrogen and oxygen atoms in total. The van der Waals surface area contributed by atoms with Crippen LogP contribution in [0.1, 0.15) is 28.3 Å². The summed E-state index contributed by atoms with van der Waals surface area (Å²) in [6.07, 6.45) is 0. The Hall–Kier alpha value is -4.87. The smallest absolute Gasteiger partial charge is 0.232 e. The third-order valence-corrected chi connectivity index (χ3v) is 6.44. The van der Waals surface area contributed by atoms with Crippen LogP contribution in [0.15, 0.2) is 72.8 Å². The molecule has 12 heteroatoms. The molecular formula is C29H30ClN11. The quantitative estimate of drug-likeness (QED) is 0.176. The van der Waals surface area contributed by atoms with E-state index in [4.69, 9.17) is 23.1 Å². The van der Waals surface area contributed by atoms with E-state index in [2.05, 4.69) is 45.4 Å². The molecule has 6 N–H and O–H groups in total. The first kappa shape index (κ1) is 27.7. The monoisotopic (exact) mass is 567 g/mol. The number of aromatic nitrogens is 6. The van der Waals surface area contributed by atoms with Crippen LogP contribution in [0.4, 0.5) is 35.2 Å². The Morgan fingerprint density at radius 2 is 1.15 bits per heavy atom. The van der Waals surface area contributed by atoms with Crippen molar-refractivity contribution in [3.63, 3.8) is 0 Å². The van der Waals surface area contributed by atoms with Crippen molar-refractivity contribution in [3.05, 3.63) is 106 Å². The number of nitrogens with one attached hydrogen (secondary N) is 2. The molecule has 0 saturated heterocycles. The number of hydrogen-bond acceptors (Lipinski definition) is 11. The van der Waals surface area contributed by atoms with Gasteiger partial charge >= 0.3 is 0 Å². The molecule has 0 aliphatic rings. The minimum absolute atomic E-state index is 0.114. The molecular weight excluding hydrogens is 538 g/mol. The van der Waals surface area contributed by atoms with Crippen LogP contribution in [0.5, 0.6) is 0 Å². The lowest BCUT2D eigenvalue weighted by Crippen LogP contribution is -2.26. The van der Waals surface area contributed by atoms with Gasteiger partial charge < -0.3 is 22.1 Å². The average Bonchev–Trinajstić information content (AvgIpc) is 2.91. The summed E-state index contributed by atoms with van der Waals surface area (Å²) in [5.74, 6) is 1.91. The summed E-state index contributed by atoms with van der Waals surface area (Å²) in [4.78, 5) is 28.7. The number of rotatable bonds is 10. The first-order valence-electron chi connectivity index (χ1n) is 12.9. The molecule has 0 spiro atoms. The molecule has 0 aliphatic carbocycles. The van der Waals surface area contributed by atoms with E-state index in [1.807, 2.05) is 86.6 Å². The van der Waals surface area contributed by atoms with Crippen LogP contribution in [0.25, 0.3) is 0 Å². The molecule has 0 amide bonds. The summed E-state index contributed by atoms with van der Waals surface area (Å²) in [5, 5.41) is 7.12. The van der Waals surface area contributed by atoms with Gasteiger partial charge in [0, 0.05) is 22.9 Å². The first-order valence-corrected chi connectivity index (χ1v) is 13.3. The van der Waals surface area contributed by atoms with Crippen molar-refractivity contribution in [1.29, 1.82) is 0 Å². The van der Waals surface area contributed by atoms with Gasteiger partial charge in [-0.25, -0.2) is 0 Å². The molecule has 0 aliphatic heterocycles. The molecule has 5 rings (SSSR count). The van der Waals surface area contributed by atoms with Gasteiger partial charge in [-0.2, -0.15) is 29.9 Å². The van der Waals surface area contributed by atoms with Gasteiger partial charge in [0.1, 0.15) is 11.6 Å². The number of anilines is 6. The van der Waals surface area contributed by atoms with E-state index < -0.39 is 0 Å². The molecule has 3 aromatic carbocycles.